The summed E-state index contributed by atoms with van der Waals surface area (Å²) in [4.78, 5) is 23.4. The largest absolute Gasteiger partial charge is 0.496 e. The zero-order valence-electron chi connectivity index (χ0n) is 13.5. The van der Waals surface area contributed by atoms with Crippen LogP contribution in [0.25, 0.3) is 10.1 Å². The summed E-state index contributed by atoms with van der Waals surface area (Å²) in [6.45, 7) is 1.41. The van der Waals surface area contributed by atoms with Crippen molar-refractivity contribution in [2.45, 2.75) is 26.2 Å². The van der Waals surface area contributed by atoms with Gasteiger partial charge in [0, 0.05) is 28.7 Å². The molecule has 0 amide bonds. The minimum Gasteiger partial charge on any atom is -0.496 e. The molecule has 0 saturated carbocycles. The molecule has 0 aliphatic carbocycles. The molecule has 0 spiro atoms. The molecule has 0 aliphatic heterocycles. The Kier molecular flexibility index (Phi) is 5.90. The highest BCUT2D eigenvalue weighted by Crippen LogP contribution is 2.36. The number of aliphatic carboxylic acids is 1. The molecule has 2 N–H and O–H groups in total. The van der Waals surface area contributed by atoms with Crippen molar-refractivity contribution in [1.82, 2.24) is 0 Å². The lowest BCUT2D eigenvalue weighted by atomic mass is 10.0. The molecule has 0 bridgehead atoms. The second-order valence-corrected chi connectivity index (χ2v) is 6.67. The summed E-state index contributed by atoms with van der Waals surface area (Å²) >= 11 is 1.12. The van der Waals surface area contributed by atoms with Crippen molar-refractivity contribution in [2.24, 2.45) is 5.92 Å². The van der Waals surface area contributed by atoms with Gasteiger partial charge in [0.25, 0.3) is 0 Å². The summed E-state index contributed by atoms with van der Waals surface area (Å²) < 4.78 is 20.5. The van der Waals surface area contributed by atoms with Crippen LogP contribution in [0.1, 0.15) is 35.0 Å². The topological polar surface area (TPSA) is 83.8 Å². The zero-order chi connectivity index (χ0) is 17.9. The maximum atomic E-state index is 14.7. The molecule has 7 heteroatoms. The van der Waals surface area contributed by atoms with E-state index in [-0.39, 0.29) is 18.8 Å². The van der Waals surface area contributed by atoms with E-state index in [2.05, 4.69) is 0 Å². The quantitative estimate of drug-likeness (QED) is 0.711. The van der Waals surface area contributed by atoms with Crippen molar-refractivity contribution in [3.05, 3.63) is 28.4 Å². The van der Waals surface area contributed by atoms with Crippen molar-refractivity contribution in [3.8, 4) is 5.75 Å². The highest BCUT2D eigenvalue weighted by molar-refractivity contribution is 7.20. The number of carboxylic acid groups (broad SMARTS) is 1. The number of thiophene rings is 1. The Morgan fingerprint density at radius 3 is 2.67 bits per heavy atom. The first kappa shape index (κ1) is 18.4. The summed E-state index contributed by atoms with van der Waals surface area (Å²) in [5.41, 5.74) is 0.370. The molecule has 0 radical (unpaired) electrons. The minimum absolute atomic E-state index is 0.0545. The zero-order valence-corrected chi connectivity index (χ0v) is 14.3. The molecule has 0 unspecified atom stereocenters. The molecule has 2 aromatic rings. The Morgan fingerprint density at radius 1 is 1.38 bits per heavy atom. The number of aliphatic hydroxyl groups excluding tert-OH is 1. The third-order valence-corrected chi connectivity index (χ3v) is 4.94. The van der Waals surface area contributed by atoms with Gasteiger partial charge < -0.3 is 14.9 Å². The van der Waals surface area contributed by atoms with Crippen LogP contribution in [0.15, 0.2) is 12.1 Å². The van der Waals surface area contributed by atoms with Crippen LogP contribution in [-0.4, -0.2) is 35.7 Å². The van der Waals surface area contributed by atoms with E-state index >= 15 is 0 Å². The highest BCUT2D eigenvalue weighted by atomic mass is 32.1. The molecule has 1 aromatic heterocycles. The number of fused-ring (bicyclic) bond motifs is 1. The number of carbonyl (C=O) groups excluding carboxylic acids is 1. The number of aliphatic hydroxyl groups is 1. The lowest BCUT2D eigenvalue weighted by molar-refractivity contribution is -0.141. The fraction of sp³-hybridized carbons (Fsp3) is 0.412. The third-order valence-electron chi connectivity index (χ3n) is 3.81. The van der Waals surface area contributed by atoms with E-state index in [1.54, 1.807) is 6.07 Å². The predicted molar refractivity (Wildman–Crippen MR) is 89.5 cm³/mol. The van der Waals surface area contributed by atoms with Crippen LogP contribution in [0, 0.1) is 11.7 Å². The fourth-order valence-electron chi connectivity index (χ4n) is 2.44. The van der Waals surface area contributed by atoms with Crippen molar-refractivity contribution >= 4 is 33.2 Å². The number of ketones is 1. The average molecular weight is 354 g/mol. The number of carboxylic acids is 1. The van der Waals surface area contributed by atoms with Crippen LogP contribution in [0.4, 0.5) is 4.39 Å². The van der Waals surface area contributed by atoms with Gasteiger partial charge in [-0.05, 0) is 25.0 Å². The second-order valence-electron chi connectivity index (χ2n) is 5.59. The summed E-state index contributed by atoms with van der Waals surface area (Å²) in [5.74, 6) is -2.22. The standard InChI is InChI=1S/C17H19FO5S/c1-9(17(21)22)6-12(20)15-7-11-14(24-15)8-13(23-2)10(16(11)18)4-3-5-19/h7-9,19H,3-6H2,1-2H3,(H,21,22)/t9-/m0/s1. The van der Waals surface area contributed by atoms with E-state index in [9.17, 15) is 14.0 Å². The number of methoxy groups -OCH3 is 1. The number of rotatable bonds is 8. The summed E-state index contributed by atoms with van der Waals surface area (Å²) in [6, 6.07) is 3.14. The minimum atomic E-state index is -1.04. The van der Waals surface area contributed by atoms with E-state index in [0.717, 1.165) is 11.3 Å². The van der Waals surface area contributed by atoms with Gasteiger partial charge in [-0.25, -0.2) is 4.39 Å². The monoisotopic (exact) mass is 354 g/mol. The molecule has 2 rings (SSSR count). The van der Waals surface area contributed by atoms with Gasteiger partial charge >= 0.3 is 5.97 Å². The van der Waals surface area contributed by atoms with Gasteiger partial charge in [0.2, 0.25) is 0 Å². The van der Waals surface area contributed by atoms with E-state index in [1.807, 2.05) is 0 Å². The van der Waals surface area contributed by atoms with Crippen LogP contribution in [0.5, 0.6) is 5.75 Å². The first-order chi connectivity index (χ1) is 11.4. The van der Waals surface area contributed by atoms with Crippen LogP contribution in [-0.2, 0) is 11.2 Å². The molecular formula is C17H19FO5S. The molecule has 1 aromatic carbocycles. The van der Waals surface area contributed by atoms with E-state index in [0.29, 0.717) is 39.1 Å². The molecule has 0 fully saturated rings. The molecular weight excluding hydrogens is 335 g/mol. The number of ether oxygens (including phenoxy) is 1. The molecule has 1 heterocycles. The summed E-state index contributed by atoms with van der Waals surface area (Å²) in [6.07, 6.45) is 0.611. The number of hydrogen-bond donors (Lipinski definition) is 2. The summed E-state index contributed by atoms with van der Waals surface area (Å²) in [5, 5.41) is 18.2. The van der Waals surface area contributed by atoms with Gasteiger partial charge in [-0.2, -0.15) is 0 Å². The van der Waals surface area contributed by atoms with Crippen molar-refractivity contribution in [3.63, 3.8) is 0 Å². The first-order valence-electron chi connectivity index (χ1n) is 7.54. The van der Waals surface area contributed by atoms with Gasteiger partial charge in [-0.1, -0.05) is 6.92 Å². The SMILES string of the molecule is COc1cc2sc(C(=O)C[C@H](C)C(=O)O)cc2c(F)c1CCCO. The summed E-state index contributed by atoms with van der Waals surface area (Å²) in [7, 11) is 1.44. The normalized spacial score (nSPS) is 12.3. The molecule has 24 heavy (non-hydrogen) atoms. The third kappa shape index (κ3) is 3.73. The van der Waals surface area contributed by atoms with Crippen LogP contribution < -0.4 is 4.74 Å². The van der Waals surface area contributed by atoms with Gasteiger partial charge in [-0.3, -0.25) is 9.59 Å². The molecule has 5 nitrogen and oxygen atoms in total. The van der Waals surface area contributed by atoms with Gasteiger partial charge in [-0.15, -0.1) is 11.3 Å². The van der Waals surface area contributed by atoms with Gasteiger partial charge in [0.15, 0.2) is 5.78 Å². The van der Waals surface area contributed by atoms with Crippen molar-refractivity contribution in [1.29, 1.82) is 0 Å². The van der Waals surface area contributed by atoms with Crippen LogP contribution in [0.3, 0.4) is 0 Å². The first-order valence-corrected chi connectivity index (χ1v) is 8.36. The highest BCUT2D eigenvalue weighted by Gasteiger charge is 2.21. The maximum Gasteiger partial charge on any atom is 0.306 e. The number of benzene rings is 1. The van der Waals surface area contributed by atoms with Crippen molar-refractivity contribution in [2.75, 3.05) is 13.7 Å². The predicted octanol–water partition coefficient (Wildman–Crippen LogP) is 3.27. The maximum absolute atomic E-state index is 14.7. The lowest BCUT2D eigenvalue weighted by Gasteiger charge is -2.10. The van der Waals surface area contributed by atoms with E-state index in [4.69, 9.17) is 14.9 Å². The second kappa shape index (κ2) is 7.72. The Balaban J connectivity index is 2.41. The van der Waals surface area contributed by atoms with Crippen LogP contribution >= 0.6 is 11.3 Å². The molecule has 1 atom stereocenters. The Labute approximate surface area is 142 Å². The Morgan fingerprint density at radius 2 is 2.08 bits per heavy atom. The Hall–Kier alpha value is -1.99. The number of hydrogen-bond acceptors (Lipinski definition) is 5. The smallest absolute Gasteiger partial charge is 0.306 e. The molecule has 0 aliphatic rings. The lowest BCUT2D eigenvalue weighted by Crippen LogP contribution is -2.13. The number of carbonyl (C=O) groups is 2. The number of Topliss-reactive ketones (excluding diaryl/α,β-unsaturated/α-hetero) is 1. The van der Waals surface area contributed by atoms with Crippen molar-refractivity contribution < 1.29 is 28.9 Å². The Bertz CT molecular complexity index is 768. The van der Waals surface area contributed by atoms with Gasteiger partial charge in [0.1, 0.15) is 11.6 Å². The number of halogens is 1. The average Bonchev–Trinajstić information content (AvgIpc) is 2.98. The fourth-order valence-corrected chi connectivity index (χ4v) is 3.47. The van der Waals surface area contributed by atoms with E-state index < -0.39 is 17.7 Å². The van der Waals surface area contributed by atoms with Crippen LogP contribution in [0.2, 0.25) is 0 Å². The molecule has 130 valence electrons. The van der Waals surface area contributed by atoms with E-state index in [1.165, 1.54) is 20.1 Å². The molecule has 0 saturated heterocycles. The van der Waals surface area contributed by atoms with Gasteiger partial charge in [0.05, 0.1) is 17.9 Å².